The number of carbonyl (C=O) groups is 1. The Bertz CT molecular complexity index is 227. The van der Waals surface area contributed by atoms with E-state index in [1.807, 2.05) is 0 Å². The monoisotopic (exact) mass is 269 g/mol. The highest BCUT2D eigenvalue weighted by Gasteiger charge is 1.97. The SMILES string of the molecule is COC(=O)CCCC/C=C\CCCCCCCCN. The molecule has 0 bridgehead atoms. The van der Waals surface area contributed by atoms with E-state index in [9.17, 15) is 4.79 Å². The van der Waals surface area contributed by atoms with Crippen LogP contribution in [0.3, 0.4) is 0 Å². The minimum atomic E-state index is -0.0985. The van der Waals surface area contributed by atoms with E-state index in [2.05, 4.69) is 16.9 Å². The molecule has 0 saturated carbocycles. The van der Waals surface area contributed by atoms with E-state index in [1.165, 1.54) is 52.1 Å². The molecule has 3 nitrogen and oxygen atoms in total. The van der Waals surface area contributed by atoms with Crippen LogP contribution in [0, 0.1) is 0 Å². The smallest absolute Gasteiger partial charge is 0.305 e. The molecule has 0 radical (unpaired) electrons. The van der Waals surface area contributed by atoms with Gasteiger partial charge in [-0.3, -0.25) is 4.79 Å². The summed E-state index contributed by atoms with van der Waals surface area (Å²) in [6.45, 7) is 0.832. The lowest BCUT2D eigenvalue weighted by Crippen LogP contribution is -1.98. The summed E-state index contributed by atoms with van der Waals surface area (Å²) in [7, 11) is 1.44. The third-order valence-electron chi connectivity index (χ3n) is 3.22. The molecule has 0 saturated heterocycles. The molecular formula is C16H31NO2. The van der Waals surface area contributed by atoms with Crippen molar-refractivity contribution in [2.45, 2.75) is 70.6 Å². The van der Waals surface area contributed by atoms with Gasteiger partial charge in [0.05, 0.1) is 7.11 Å². The van der Waals surface area contributed by atoms with Gasteiger partial charge in [0.1, 0.15) is 0 Å². The second-order valence-corrected chi connectivity index (χ2v) is 4.99. The first-order chi connectivity index (χ1) is 9.31. The maximum absolute atomic E-state index is 10.9. The van der Waals surface area contributed by atoms with Crippen LogP contribution < -0.4 is 5.73 Å². The summed E-state index contributed by atoms with van der Waals surface area (Å²) in [5.41, 5.74) is 5.45. The minimum Gasteiger partial charge on any atom is -0.469 e. The average molecular weight is 269 g/mol. The Morgan fingerprint density at radius 1 is 0.895 bits per heavy atom. The van der Waals surface area contributed by atoms with Crippen molar-refractivity contribution in [1.29, 1.82) is 0 Å². The van der Waals surface area contributed by atoms with Gasteiger partial charge in [-0.05, 0) is 45.1 Å². The van der Waals surface area contributed by atoms with Crippen molar-refractivity contribution in [3.8, 4) is 0 Å². The fourth-order valence-electron chi connectivity index (χ4n) is 1.98. The summed E-state index contributed by atoms with van der Waals surface area (Å²) in [5, 5.41) is 0. The van der Waals surface area contributed by atoms with Gasteiger partial charge < -0.3 is 10.5 Å². The highest BCUT2D eigenvalue weighted by Crippen LogP contribution is 2.08. The van der Waals surface area contributed by atoms with Crippen LogP contribution in [0.2, 0.25) is 0 Å². The van der Waals surface area contributed by atoms with Crippen molar-refractivity contribution >= 4 is 5.97 Å². The zero-order chi connectivity index (χ0) is 14.2. The van der Waals surface area contributed by atoms with E-state index < -0.39 is 0 Å². The zero-order valence-corrected chi connectivity index (χ0v) is 12.5. The third-order valence-corrected chi connectivity index (χ3v) is 3.22. The minimum absolute atomic E-state index is 0.0985. The van der Waals surface area contributed by atoms with Gasteiger partial charge in [0.25, 0.3) is 0 Å². The average Bonchev–Trinajstić information content (AvgIpc) is 2.43. The van der Waals surface area contributed by atoms with Gasteiger partial charge in [0.15, 0.2) is 0 Å². The van der Waals surface area contributed by atoms with E-state index in [-0.39, 0.29) is 5.97 Å². The van der Waals surface area contributed by atoms with Gasteiger partial charge in [-0.2, -0.15) is 0 Å². The number of hydrogen-bond acceptors (Lipinski definition) is 3. The van der Waals surface area contributed by atoms with Crippen LogP contribution in [-0.2, 0) is 9.53 Å². The van der Waals surface area contributed by atoms with E-state index in [0.717, 1.165) is 25.8 Å². The maximum atomic E-state index is 10.9. The topological polar surface area (TPSA) is 52.3 Å². The van der Waals surface area contributed by atoms with Crippen molar-refractivity contribution in [3.63, 3.8) is 0 Å². The first-order valence-corrected chi connectivity index (χ1v) is 7.73. The number of nitrogens with two attached hydrogens (primary N) is 1. The lowest BCUT2D eigenvalue weighted by atomic mass is 10.1. The lowest BCUT2D eigenvalue weighted by molar-refractivity contribution is -0.140. The van der Waals surface area contributed by atoms with Crippen molar-refractivity contribution < 1.29 is 9.53 Å². The predicted octanol–water partition coefficient (Wildman–Crippen LogP) is 3.97. The summed E-state index contributed by atoms with van der Waals surface area (Å²) in [6.07, 6.45) is 17.1. The highest BCUT2D eigenvalue weighted by molar-refractivity contribution is 5.68. The van der Waals surface area contributed by atoms with Crippen molar-refractivity contribution in [3.05, 3.63) is 12.2 Å². The highest BCUT2D eigenvalue weighted by atomic mass is 16.5. The quantitative estimate of drug-likeness (QED) is 0.313. The standard InChI is InChI=1S/C16H31NO2/c1-19-16(18)14-12-10-8-6-4-2-3-5-7-9-11-13-15-17/h4,6H,2-3,5,7-15,17H2,1H3/b6-4-. The van der Waals surface area contributed by atoms with Gasteiger partial charge in [-0.15, -0.1) is 0 Å². The number of hydrogen-bond donors (Lipinski definition) is 1. The van der Waals surface area contributed by atoms with Crippen LogP contribution in [0.15, 0.2) is 12.2 Å². The number of esters is 1. The second kappa shape index (κ2) is 15.2. The second-order valence-electron chi connectivity index (χ2n) is 4.99. The molecule has 2 N–H and O–H groups in total. The molecule has 0 unspecified atom stereocenters. The Balaban J connectivity index is 3.11. The van der Waals surface area contributed by atoms with Gasteiger partial charge >= 0.3 is 5.97 Å². The molecule has 3 heteroatoms. The molecule has 0 aromatic carbocycles. The van der Waals surface area contributed by atoms with Crippen LogP contribution >= 0.6 is 0 Å². The Kier molecular flexibility index (Phi) is 14.6. The Labute approximate surface area is 118 Å². The molecule has 0 aliphatic carbocycles. The molecule has 19 heavy (non-hydrogen) atoms. The fraction of sp³-hybridized carbons (Fsp3) is 0.812. The molecule has 0 aliphatic heterocycles. The number of rotatable bonds is 13. The summed E-state index contributed by atoms with van der Waals surface area (Å²) in [4.78, 5) is 10.9. The summed E-state index contributed by atoms with van der Waals surface area (Å²) in [5.74, 6) is -0.0985. The molecule has 0 aromatic rings. The van der Waals surface area contributed by atoms with Gasteiger partial charge in [0.2, 0.25) is 0 Å². The van der Waals surface area contributed by atoms with Crippen molar-refractivity contribution in [1.82, 2.24) is 0 Å². The summed E-state index contributed by atoms with van der Waals surface area (Å²) >= 11 is 0. The largest absolute Gasteiger partial charge is 0.469 e. The van der Waals surface area contributed by atoms with Crippen molar-refractivity contribution in [2.24, 2.45) is 5.73 Å². The van der Waals surface area contributed by atoms with E-state index in [0.29, 0.717) is 6.42 Å². The number of ether oxygens (including phenoxy) is 1. The third kappa shape index (κ3) is 15.1. The van der Waals surface area contributed by atoms with Gasteiger partial charge in [0, 0.05) is 6.42 Å². The van der Waals surface area contributed by atoms with Crippen LogP contribution in [-0.4, -0.2) is 19.6 Å². The maximum Gasteiger partial charge on any atom is 0.305 e. The van der Waals surface area contributed by atoms with Crippen LogP contribution in [0.25, 0.3) is 0 Å². The number of carbonyl (C=O) groups excluding carboxylic acids is 1. The lowest BCUT2D eigenvalue weighted by Gasteiger charge is -1.99. The number of methoxy groups -OCH3 is 1. The molecule has 0 heterocycles. The Hall–Kier alpha value is -0.830. The fourth-order valence-corrected chi connectivity index (χ4v) is 1.98. The molecule has 0 spiro atoms. The molecule has 0 atom stereocenters. The van der Waals surface area contributed by atoms with Gasteiger partial charge in [-0.1, -0.05) is 37.8 Å². The first-order valence-electron chi connectivity index (χ1n) is 7.73. The first kappa shape index (κ1) is 18.2. The molecule has 0 amide bonds. The molecular weight excluding hydrogens is 238 g/mol. The van der Waals surface area contributed by atoms with Crippen LogP contribution in [0.5, 0.6) is 0 Å². The summed E-state index contributed by atoms with van der Waals surface area (Å²) in [6, 6.07) is 0. The predicted molar refractivity (Wildman–Crippen MR) is 81.0 cm³/mol. The number of allylic oxidation sites excluding steroid dienone is 2. The normalized spacial score (nSPS) is 11.1. The van der Waals surface area contributed by atoms with E-state index in [4.69, 9.17) is 5.73 Å². The Morgan fingerprint density at radius 2 is 1.42 bits per heavy atom. The Morgan fingerprint density at radius 3 is 2.00 bits per heavy atom. The van der Waals surface area contributed by atoms with Crippen molar-refractivity contribution in [2.75, 3.05) is 13.7 Å². The van der Waals surface area contributed by atoms with Crippen LogP contribution in [0.1, 0.15) is 70.6 Å². The number of unbranched alkanes of at least 4 members (excludes halogenated alkanes) is 8. The molecule has 112 valence electrons. The molecule has 0 rings (SSSR count). The van der Waals surface area contributed by atoms with Gasteiger partial charge in [-0.25, -0.2) is 0 Å². The van der Waals surface area contributed by atoms with E-state index >= 15 is 0 Å². The van der Waals surface area contributed by atoms with Crippen LogP contribution in [0.4, 0.5) is 0 Å². The molecule has 0 aromatic heterocycles. The van der Waals surface area contributed by atoms with E-state index in [1.54, 1.807) is 0 Å². The molecule has 0 fully saturated rings. The summed E-state index contributed by atoms with van der Waals surface area (Å²) < 4.78 is 4.59. The molecule has 0 aliphatic rings. The zero-order valence-electron chi connectivity index (χ0n) is 12.5.